The molecule has 2 heterocycles. The second-order valence-corrected chi connectivity index (χ2v) is 14.7. The van der Waals surface area contributed by atoms with Crippen molar-refractivity contribution in [3.63, 3.8) is 0 Å². The minimum Gasteiger partial charge on any atom is -0.277 e. The largest absolute Gasteiger partial charge is 0.277 e. The number of hydrogen-bond acceptors (Lipinski definition) is 3. The molecule has 56 heavy (non-hydrogen) atoms. The molecule has 0 radical (unpaired) electrons. The highest BCUT2D eigenvalue weighted by molar-refractivity contribution is 6.15. The van der Waals surface area contributed by atoms with Gasteiger partial charge in [-0.1, -0.05) is 188 Å². The molecule has 8 aromatic carbocycles. The molecule has 0 amide bonds. The number of aromatic nitrogens is 4. The van der Waals surface area contributed by atoms with Crippen LogP contribution in [0.2, 0.25) is 0 Å². The predicted molar refractivity (Wildman–Crippen MR) is 227 cm³/mol. The molecule has 2 aliphatic rings. The van der Waals surface area contributed by atoms with Gasteiger partial charge in [-0.15, -0.1) is 0 Å². The molecule has 12 rings (SSSR count). The van der Waals surface area contributed by atoms with E-state index in [9.17, 15) is 0 Å². The molecule has 0 fully saturated rings. The Labute approximate surface area is 324 Å². The van der Waals surface area contributed by atoms with Gasteiger partial charge in [0, 0.05) is 27.5 Å². The lowest BCUT2D eigenvalue weighted by Crippen LogP contribution is -2.25. The minimum absolute atomic E-state index is 0.431. The first kappa shape index (κ1) is 31.0. The highest BCUT2D eigenvalue weighted by Gasteiger charge is 2.52. The summed E-state index contributed by atoms with van der Waals surface area (Å²) in [7, 11) is 0. The number of para-hydroxylation sites is 2. The van der Waals surface area contributed by atoms with E-state index in [-0.39, 0.29) is 0 Å². The van der Waals surface area contributed by atoms with Crippen molar-refractivity contribution in [3.05, 3.63) is 216 Å². The molecule has 0 saturated heterocycles. The fourth-order valence-electron chi connectivity index (χ4n) is 9.71. The molecule has 0 saturated carbocycles. The summed E-state index contributed by atoms with van der Waals surface area (Å²) in [6.07, 6.45) is 0. The number of hydrogen-bond donors (Lipinski definition) is 0. The van der Waals surface area contributed by atoms with Gasteiger partial charge in [-0.2, -0.15) is 9.97 Å². The molecule has 0 bridgehead atoms. The van der Waals surface area contributed by atoms with Crippen LogP contribution in [0.3, 0.4) is 0 Å². The summed E-state index contributed by atoms with van der Waals surface area (Å²) in [6, 6.07) is 69.6. The summed E-state index contributed by atoms with van der Waals surface area (Å²) in [5, 5.41) is 2.30. The maximum absolute atomic E-state index is 5.26. The van der Waals surface area contributed by atoms with Gasteiger partial charge in [0.05, 0.1) is 16.4 Å². The van der Waals surface area contributed by atoms with Gasteiger partial charge in [-0.25, -0.2) is 4.98 Å². The Morgan fingerprint density at radius 3 is 1.46 bits per heavy atom. The van der Waals surface area contributed by atoms with Crippen LogP contribution in [-0.2, 0) is 5.41 Å². The smallest absolute Gasteiger partial charge is 0.238 e. The summed E-state index contributed by atoms with van der Waals surface area (Å²) >= 11 is 0. The molecule has 2 aliphatic carbocycles. The van der Waals surface area contributed by atoms with E-state index >= 15 is 0 Å². The van der Waals surface area contributed by atoms with Gasteiger partial charge in [0.15, 0.2) is 11.6 Å². The Kier molecular flexibility index (Phi) is 6.52. The van der Waals surface area contributed by atoms with Crippen LogP contribution in [0.15, 0.2) is 194 Å². The van der Waals surface area contributed by atoms with Gasteiger partial charge in [0.25, 0.3) is 0 Å². The maximum atomic E-state index is 5.26. The van der Waals surface area contributed by atoms with Gasteiger partial charge < -0.3 is 0 Å². The molecule has 4 nitrogen and oxygen atoms in total. The van der Waals surface area contributed by atoms with E-state index < -0.39 is 5.41 Å². The van der Waals surface area contributed by atoms with Crippen LogP contribution in [0.1, 0.15) is 22.3 Å². The standard InChI is InChI=1S/C52H32N4/c1-3-17-33(18-4-1)49-53-50(34-19-5-2-6-20-34)55-51(54-49)56-46-32-14-10-23-37(46)39-26-15-27-40(48(39)56)38-25-16-31-45-47(38)41-24-9-13-30-44(41)52(45)42-28-11-7-21-35(42)36-22-8-12-29-43(36)52/h1-32H. The molecule has 0 unspecified atom stereocenters. The van der Waals surface area contributed by atoms with E-state index in [2.05, 4.69) is 162 Å². The van der Waals surface area contributed by atoms with E-state index in [1.807, 2.05) is 36.4 Å². The van der Waals surface area contributed by atoms with E-state index in [1.165, 1.54) is 50.1 Å². The maximum Gasteiger partial charge on any atom is 0.238 e. The van der Waals surface area contributed by atoms with Crippen molar-refractivity contribution in [2.75, 3.05) is 0 Å². The minimum atomic E-state index is -0.431. The Morgan fingerprint density at radius 1 is 0.339 bits per heavy atom. The van der Waals surface area contributed by atoms with Crippen LogP contribution in [0.25, 0.3) is 83.9 Å². The molecule has 2 aromatic heterocycles. The van der Waals surface area contributed by atoms with Crippen molar-refractivity contribution in [1.29, 1.82) is 0 Å². The Bertz CT molecular complexity index is 3090. The number of rotatable bonds is 4. The average molecular weight is 713 g/mol. The van der Waals surface area contributed by atoms with Crippen molar-refractivity contribution in [2.45, 2.75) is 5.41 Å². The fraction of sp³-hybridized carbons (Fsp3) is 0.0192. The number of fused-ring (bicyclic) bond motifs is 13. The zero-order chi connectivity index (χ0) is 36.8. The second kappa shape index (κ2) is 11.8. The van der Waals surface area contributed by atoms with Gasteiger partial charge in [0.1, 0.15) is 0 Å². The SMILES string of the molecule is c1ccc(-c2nc(-c3ccccc3)nc(-n3c4ccccc4c4cccc(-c5cccc6c5-c5ccccc5C65c6ccccc6-c6ccccc65)c43)n2)cc1. The summed E-state index contributed by atoms with van der Waals surface area (Å²) in [6.45, 7) is 0. The quantitative estimate of drug-likeness (QED) is 0.182. The second-order valence-electron chi connectivity index (χ2n) is 14.7. The van der Waals surface area contributed by atoms with Crippen molar-refractivity contribution in [3.8, 4) is 62.1 Å². The first-order valence-electron chi connectivity index (χ1n) is 19.1. The average Bonchev–Trinajstić information content (AvgIpc) is 3.89. The van der Waals surface area contributed by atoms with Crippen molar-refractivity contribution >= 4 is 21.8 Å². The molecule has 10 aromatic rings. The van der Waals surface area contributed by atoms with E-state index in [1.54, 1.807) is 0 Å². The molecule has 0 atom stereocenters. The van der Waals surface area contributed by atoms with Gasteiger partial charge in [-0.3, -0.25) is 4.57 Å². The van der Waals surface area contributed by atoms with Crippen molar-refractivity contribution in [1.82, 2.24) is 19.5 Å². The van der Waals surface area contributed by atoms with Gasteiger partial charge in [-0.05, 0) is 56.1 Å². The Balaban J connectivity index is 1.19. The Hall–Kier alpha value is -7.43. The first-order valence-corrected chi connectivity index (χ1v) is 19.1. The van der Waals surface area contributed by atoms with Crippen molar-refractivity contribution < 1.29 is 0 Å². The lowest BCUT2D eigenvalue weighted by Gasteiger charge is -2.30. The van der Waals surface area contributed by atoms with Gasteiger partial charge in [0.2, 0.25) is 5.95 Å². The Morgan fingerprint density at radius 2 is 0.804 bits per heavy atom. The van der Waals surface area contributed by atoms with Crippen LogP contribution in [0.5, 0.6) is 0 Å². The third-order valence-electron chi connectivity index (χ3n) is 11.9. The molecular weight excluding hydrogens is 681 g/mol. The van der Waals surface area contributed by atoms with Crippen LogP contribution < -0.4 is 0 Å². The lowest BCUT2D eigenvalue weighted by atomic mass is 9.70. The summed E-state index contributed by atoms with van der Waals surface area (Å²) in [5.74, 6) is 1.85. The third kappa shape index (κ3) is 4.15. The molecule has 4 heteroatoms. The molecular formula is C52H32N4. The highest BCUT2D eigenvalue weighted by atomic mass is 15.2. The zero-order valence-electron chi connectivity index (χ0n) is 30.3. The summed E-state index contributed by atoms with van der Waals surface area (Å²) in [5.41, 5.74) is 16.3. The molecule has 260 valence electrons. The molecule has 0 aliphatic heterocycles. The van der Waals surface area contributed by atoms with E-state index in [0.717, 1.165) is 38.5 Å². The predicted octanol–water partition coefficient (Wildman–Crippen LogP) is 12.3. The molecule has 1 spiro atoms. The van der Waals surface area contributed by atoms with Crippen LogP contribution in [-0.4, -0.2) is 19.5 Å². The van der Waals surface area contributed by atoms with Gasteiger partial charge >= 0.3 is 0 Å². The van der Waals surface area contributed by atoms with Crippen LogP contribution >= 0.6 is 0 Å². The van der Waals surface area contributed by atoms with E-state index in [4.69, 9.17) is 15.0 Å². The van der Waals surface area contributed by atoms with Crippen LogP contribution in [0.4, 0.5) is 0 Å². The fourth-order valence-corrected chi connectivity index (χ4v) is 9.71. The number of nitrogens with zero attached hydrogens (tertiary/aromatic N) is 4. The summed E-state index contributed by atoms with van der Waals surface area (Å²) in [4.78, 5) is 15.6. The lowest BCUT2D eigenvalue weighted by molar-refractivity contribution is 0.794. The first-order chi connectivity index (χ1) is 27.8. The van der Waals surface area contributed by atoms with Crippen molar-refractivity contribution in [2.24, 2.45) is 0 Å². The third-order valence-corrected chi connectivity index (χ3v) is 11.9. The van der Waals surface area contributed by atoms with E-state index in [0.29, 0.717) is 17.6 Å². The summed E-state index contributed by atoms with van der Waals surface area (Å²) < 4.78 is 2.26. The highest BCUT2D eigenvalue weighted by Crippen LogP contribution is 2.64. The number of benzene rings is 8. The normalized spacial score (nSPS) is 13.1. The monoisotopic (exact) mass is 712 g/mol. The molecule has 0 N–H and O–H groups in total. The van der Waals surface area contributed by atoms with Crippen LogP contribution in [0, 0.1) is 0 Å². The zero-order valence-corrected chi connectivity index (χ0v) is 30.3. The topological polar surface area (TPSA) is 43.6 Å².